The summed E-state index contributed by atoms with van der Waals surface area (Å²) in [6.45, 7) is 3.05. The summed E-state index contributed by atoms with van der Waals surface area (Å²) in [5.74, 6) is 1.01. The highest BCUT2D eigenvalue weighted by Crippen LogP contribution is 2.33. The highest BCUT2D eigenvalue weighted by molar-refractivity contribution is 6.31. The summed E-state index contributed by atoms with van der Waals surface area (Å²) >= 11 is 6.18. The van der Waals surface area contributed by atoms with E-state index in [-0.39, 0.29) is 11.4 Å². The van der Waals surface area contributed by atoms with Crippen molar-refractivity contribution >= 4 is 17.3 Å². The van der Waals surface area contributed by atoms with Crippen LogP contribution in [0, 0.1) is 16.0 Å². The molecule has 0 amide bonds. The lowest BCUT2D eigenvalue weighted by Crippen LogP contribution is -2.35. The van der Waals surface area contributed by atoms with E-state index < -0.39 is 4.92 Å². The molecule has 1 aromatic rings. The van der Waals surface area contributed by atoms with E-state index in [4.69, 9.17) is 16.3 Å². The zero-order valence-electron chi connectivity index (χ0n) is 13.8. The van der Waals surface area contributed by atoms with Gasteiger partial charge in [-0.3, -0.25) is 10.1 Å². The third-order valence-electron chi connectivity index (χ3n) is 4.76. The molecule has 0 heterocycles. The van der Waals surface area contributed by atoms with Crippen LogP contribution in [0.4, 0.5) is 5.69 Å². The highest BCUT2D eigenvalue weighted by Gasteiger charge is 2.20. The van der Waals surface area contributed by atoms with Gasteiger partial charge >= 0.3 is 5.69 Å². The number of rotatable bonds is 7. The number of methoxy groups -OCH3 is 1. The first-order valence-electron chi connectivity index (χ1n) is 8.27. The zero-order valence-corrected chi connectivity index (χ0v) is 14.6. The zero-order chi connectivity index (χ0) is 16.8. The van der Waals surface area contributed by atoms with E-state index in [2.05, 4.69) is 12.2 Å². The number of ether oxygens (including phenoxy) is 1. The Morgan fingerprint density at radius 3 is 2.70 bits per heavy atom. The SMILES string of the molecule is COc1cc(CCN[C@@H](C)C2CCCCC2)c(Cl)cc1[N+](=O)[O-]. The van der Waals surface area contributed by atoms with Gasteiger partial charge in [0.1, 0.15) is 0 Å². The monoisotopic (exact) mass is 340 g/mol. The van der Waals surface area contributed by atoms with Gasteiger partial charge in [0.25, 0.3) is 0 Å². The van der Waals surface area contributed by atoms with Crippen LogP contribution in [0.2, 0.25) is 5.02 Å². The van der Waals surface area contributed by atoms with Crippen molar-refractivity contribution in [2.45, 2.75) is 51.5 Å². The van der Waals surface area contributed by atoms with E-state index in [1.807, 2.05) is 0 Å². The van der Waals surface area contributed by atoms with E-state index in [0.29, 0.717) is 11.1 Å². The molecule has 128 valence electrons. The van der Waals surface area contributed by atoms with Gasteiger partial charge in [-0.2, -0.15) is 0 Å². The maximum Gasteiger partial charge on any atom is 0.312 e. The maximum atomic E-state index is 11.0. The summed E-state index contributed by atoms with van der Waals surface area (Å²) in [5.41, 5.74) is 0.780. The van der Waals surface area contributed by atoms with E-state index in [1.54, 1.807) is 6.07 Å². The van der Waals surface area contributed by atoms with Crippen LogP contribution >= 0.6 is 11.6 Å². The molecule has 0 bridgehead atoms. The fourth-order valence-electron chi connectivity index (χ4n) is 3.32. The molecule has 2 rings (SSSR count). The number of hydrogen-bond acceptors (Lipinski definition) is 4. The highest BCUT2D eigenvalue weighted by atomic mass is 35.5. The topological polar surface area (TPSA) is 64.4 Å². The molecule has 1 N–H and O–H groups in total. The quantitative estimate of drug-likeness (QED) is 0.591. The number of halogens is 1. The number of nitrogens with zero attached hydrogens (tertiary/aromatic N) is 1. The Balaban J connectivity index is 1.93. The van der Waals surface area contributed by atoms with Crippen molar-refractivity contribution in [3.05, 3.63) is 32.8 Å². The fourth-order valence-corrected chi connectivity index (χ4v) is 3.57. The van der Waals surface area contributed by atoms with Crippen molar-refractivity contribution < 1.29 is 9.66 Å². The minimum absolute atomic E-state index is 0.0928. The van der Waals surface area contributed by atoms with Crippen LogP contribution in [0.5, 0.6) is 5.75 Å². The molecular formula is C17H25ClN2O3. The molecule has 1 fully saturated rings. The molecule has 0 radical (unpaired) electrons. The van der Waals surface area contributed by atoms with Crippen LogP contribution in [-0.2, 0) is 6.42 Å². The van der Waals surface area contributed by atoms with Crippen LogP contribution in [0.25, 0.3) is 0 Å². The van der Waals surface area contributed by atoms with Gasteiger partial charge in [-0.1, -0.05) is 30.9 Å². The number of hydrogen-bond donors (Lipinski definition) is 1. The second kappa shape index (κ2) is 8.50. The first kappa shape index (κ1) is 18.0. The number of nitro groups is 1. The average Bonchev–Trinajstić information content (AvgIpc) is 2.56. The van der Waals surface area contributed by atoms with Crippen LogP contribution in [0.1, 0.15) is 44.6 Å². The van der Waals surface area contributed by atoms with E-state index in [0.717, 1.165) is 24.4 Å². The number of benzene rings is 1. The van der Waals surface area contributed by atoms with E-state index >= 15 is 0 Å². The second-order valence-electron chi connectivity index (χ2n) is 6.26. The third-order valence-corrected chi connectivity index (χ3v) is 5.11. The lowest BCUT2D eigenvalue weighted by molar-refractivity contribution is -0.385. The van der Waals surface area contributed by atoms with Gasteiger partial charge in [-0.25, -0.2) is 0 Å². The standard InChI is InChI=1S/C17H25ClN2O3/c1-12(13-6-4-3-5-7-13)19-9-8-14-10-17(23-2)16(20(21)22)11-15(14)18/h10-13,19H,3-9H2,1-2H3/t12-/m0/s1. The predicted octanol–water partition coefficient (Wildman–Crippen LogP) is 4.36. The molecule has 0 spiro atoms. The Kier molecular flexibility index (Phi) is 6.66. The first-order chi connectivity index (χ1) is 11.0. The Hall–Kier alpha value is -1.33. The van der Waals surface area contributed by atoms with Crippen LogP contribution < -0.4 is 10.1 Å². The van der Waals surface area contributed by atoms with Crippen molar-refractivity contribution in [3.8, 4) is 5.75 Å². The number of nitro benzene ring substituents is 1. The summed E-state index contributed by atoms with van der Waals surface area (Å²) in [6.07, 6.45) is 7.37. The second-order valence-corrected chi connectivity index (χ2v) is 6.67. The van der Waals surface area contributed by atoms with Gasteiger partial charge in [0.05, 0.1) is 17.1 Å². The lowest BCUT2D eigenvalue weighted by Gasteiger charge is -2.28. The molecule has 1 aliphatic rings. The first-order valence-corrected chi connectivity index (χ1v) is 8.65. The Labute approximate surface area is 142 Å². The minimum Gasteiger partial charge on any atom is -0.490 e. The average molecular weight is 341 g/mol. The largest absolute Gasteiger partial charge is 0.490 e. The normalized spacial score (nSPS) is 17.0. The Bertz CT molecular complexity index is 545. The molecule has 0 saturated heterocycles. The molecule has 1 saturated carbocycles. The molecule has 6 heteroatoms. The molecule has 0 aromatic heterocycles. The lowest BCUT2D eigenvalue weighted by atomic mass is 9.84. The molecule has 1 atom stereocenters. The Morgan fingerprint density at radius 1 is 1.39 bits per heavy atom. The van der Waals surface area contributed by atoms with Crippen molar-refractivity contribution in [2.24, 2.45) is 5.92 Å². The molecule has 0 aliphatic heterocycles. The smallest absolute Gasteiger partial charge is 0.312 e. The van der Waals surface area contributed by atoms with Crippen molar-refractivity contribution in [1.29, 1.82) is 0 Å². The molecule has 23 heavy (non-hydrogen) atoms. The van der Waals surface area contributed by atoms with Crippen LogP contribution in [0.3, 0.4) is 0 Å². The van der Waals surface area contributed by atoms with Gasteiger partial charge in [0.2, 0.25) is 0 Å². The summed E-state index contributed by atoms with van der Waals surface area (Å²) in [5, 5.41) is 15.0. The van der Waals surface area contributed by atoms with Gasteiger partial charge in [-0.15, -0.1) is 0 Å². The van der Waals surface area contributed by atoms with Crippen LogP contribution in [-0.4, -0.2) is 24.6 Å². The summed E-state index contributed by atoms with van der Waals surface area (Å²) in [7, 11) is 1.43. The minimum atomic E-state index is -0.474. The summed E-state index contributed by atoms with van der Waals surface area (Å²) < 4.78 is 5.10. The van der Waals surface area contributed by atoms with E-state index in [9.17, 15) is 10.1 Å². The summed E-state index contributed by atoms with van der Waals surface area (Å²) in [4.78, 5) is 10.5. The number of nitrogens with one attached hydrogen (secondary N) is 1. The molecule has 0 unspecified atom stereocenters. The van der Waals surface area contributed by atoms with Crippen molar-refractivity contribution in [1.82, 2.24) is 5.32 Å². The Morgan fingerprint density at radius 2 is 2.09 bits per heavy atom. The third kappa shape index (κ3) is 4.82. The van der Waals surface area contributed by atoms with Crippen molar-refractivity contribution in [2.75, 3.05) is 13.7 Å². The predicted molar refractivity (Wildman–Crippen MR) is 92.4 cm³/mol. The summed E-state index contributed by atoms with van der Waals surface area (Å²) in [6, 6.07) is 3.54. The maximum absolute atomic E-state index is 11.0. The van der Waals surface area contributed by atoms with Gasteiger partial charge < -0.3 is 10.1 Å². The van der Waals surface area contributed by atoms with E-state index in [1.165, 1.54) is 45.3 Å². The van der Waals surface area contributed by atoms with Gasteiger partial charge in [-0.05, 0) is 50.3 Å². The van der Waals surface area contributed by atoms with Gasteiger partial charge in [0.15, 0.2) is 5.75 Å². The molecular weight excluding hydrogens is 316 g/mol. The molecule has 1 aromatic carbocycles. The molecule has 1 aliphatic carbocycles. The van der Waals surface area contributed by atoms with Gasteiger partial charge in [0, 0.05) is 12.1 Å². The molecule has 5 nitrogen and oxygen atoms in total. The fraction of sp³-hybridized carbons (Fsp3) is 0.647. The van der Waals surface area contributed by atoms with Crippen molar-refractivity contribution in [3.63, 3.8) is 0 Å². The van der Waals surface area contributed by atoms with Crippen LogP contribution in [0.15, 0.2) is 12.1 Å².